The van der Waals surface area contributed by atoms with Gasteiger partial charge in [0.05, 0.1) is 12.2 Å². The summed E-state index contributed by atoms with van der Waals surface area (Å²) in [5.74, 6) is 1.28. The van der Waals surface area contributed by atoms with Crippen molar-refractivity contribution >= 4 is 34.5 Å². The molecular formula is C48H44N2O. The molecule has 0 radical (unpaired) electrons. The molecule has 0 amide bonds. The third kappa shape index (κ3) is 5.39. The Bertz CT molecular complexity index is 2170. The SMILES string of the molecule is Cc1ccccc1N(C1=CC2C=CC3OC4C=Cc5cc(N(c6ccccc6C)c6ccccc6C)ccc5C4C3C2C=C1)c1ccccc1C. The molecule has 3 aliphatic carbocycles. The minimum Gasteiger partial charge on any atom is -0.366 e. The average molecular weight is 665 g/mol. The van der Waals surface area contributed by atoms with Gasteiger partial charge in [-0.1, -0.05) is 115 Å². The second-order valence-corrected chi connectivity index (χ2v) is 14.6. The predicted octanol–water partition coefficient (Wildman–Crippen LogP) is 12.0. The van der Waals surface area contributed by atoms with Crippen molar-refractivity contribution in [2.45, 2.75) is 45.8 Å². The van der Waals surface area contributed by atoms with Gasteiger partial charge in [0, 0.05) is 51.9 Å². The largest absolute Gasteiger partial charge is 0.366 e. The first-order valence-electron chi connectivity index (χ1n) is 18.3. The van der Waals surface area contributed by atoms with E-state index < -0.39 is 0 Å². The fourth-order valence-corrected chi connectivity index (χ4v) is 9.04. The van der Waals surface area contributed by atoms with E-state index in [9.17, 15) is 0 Å². The molecule has 6 atom stereocenters. The van der Waals surface area contributed by atoms with Crippen molar-refractivity contribution in [1.82, 2.24) is 0 Å². The van der Waals surface area contributed by atoms with Crippen LogP contribution >= 0.6 is 0 Å². The van der Waals surface area contributed by atoms with E-state index in [-0.39, 0.29) is 24.0 Å². The Morgan fingerprint density at radius 2 is 1.06 bits per heavy atom. The smallest absolute Gasteiger partial charge is 0.0839 e. The van der Waals surface area contributed by atoms with E-state index in [4.69, 9.17) is 4.74 Å². The van der Waals surface area contributed by atoms with Gasteiger partial charge in [0.25, 0.3) is 0 Å². The van der Waals surface area contributed by atoms with Crippen molar-refractivity contribution in [2.24, 2.45) is 17.8 Å². The highest BCUT2D eigenvalue weighted by Gasteiger charge is 2.51. The van der Waals surface area contributed by atoms with E-state index >= 15 is 0 Å². The summed E-state index contributed by atoms with van der Waals surface area (Å²) in [6.45, 7) is 8.81. The number of ether oxygens (including phenoxy) is 1. The molecule has 1 aliphatic heterocycles. The quantitative estimate of drug-likeness (QED) is 0.168. The van der Waals surface area contributed by atoms with E-state index in [0.29, 0.717) is 11.8 Å². The maximum Gasteiger partial charge on any atom is 0.0839 e. The van der Waals surface area contributed by atoms with Crippen molar-refractivity contribution < 1.29 is 4.74 Å². The highest BCUT2D eigenvalue weighted by molar-refractivity contribution is 5.82. The molecule has 0 bridgehead atoms. The normalized spacial score (nSPS) is 23.9. The highest BCUT2D eigenvalue weighted by Crippen LogP contribution is 2.54. The number of para-hydroxylation sites is 4. The van der Waals surface area contributed by atoms with E-state index in [1.165, 1.54) is 67.5 Å². The van der Waals surface area contributed by atoms with E-state index in [0.717, 1.165) is 0 Å². The summed E-state index contributed by atoms with van der Waals surface area (Å²) >= 11 is 0. The number of hydrogen-bond donors (Lipinski definition) is 0. The van der Waals surface area contributed by atoms with Crippen LogP contribution in [0.3, 0.4) is 0 Å². The van der Waals surface area contributed by atoms with Crippen LogP contribution in [0.4, 0.5) is 28.4 Å². The Morgan fingerprint density at radius 3 is 1.63 bits per heavy atom. The summed E-state index contributed by atoms with van der Waals surface area (Å²) in [4.78, 5) is 4.86. The van der Waals surface area contributed by atoms with Gasteiger partial charge in [-0.25, -0.2) is 0 Å². The number of allylic oxidation sites excluding steroid dienone is 4. The molecule has 9 rings (SSSR count). The van der Waals surface area contributed by atoms with E-state index in [1.807, 2.05) is 0 Å². The van der Waals surface area contributed by atoms with Gasteiger partial charge < -0.3 is 14.5 Å². The average Bonchev–Trinajstić information content (AvgIpc) is 3.54. The second kappa shape index (κ2) is 12.7. The standard InChI is InChI=1S/C48H44N2O/c1-31-13-5-9-17-41(31)49(42-18-10-6-14-32(42)2)37-23-25-39-35(29-37)21-27-45-47(39)48-40-26-24-38(30-36(40)22-28-46(48)51-45)50(43-19-11-7-15-33(43)3)44-20-12-8-16-34(44)4/h5-30,35,39,45-48H,1-4H3. The molecule has 252 valence electrons. The van der Waals surface area contributed by atoms with E-state index in [2.05, 4.69) is 195 Å². The lowest BCUT2D eigenvalue weighted by molar-refractivity contribution is 0.0756. The predicted molar refractivity (Wildman–Crippen MR) is 212 cm³/mol. The molecule has 51 heavy (non-hydrogen) atoms. The lowest BCUT2D eigenvalue weighted by atomic mass is 9.64. The molecule has 3 heteroatoms. The fourth-order valence-electron chi connectivity index (χ4n) is 9.04. The van der Waals surface area contributed by atoms with Crippen LogP contribution in [-0.4, -0.2) is 12.2 Å². The van der Waals surface area contributed by atoms with Crippen LogP contribution in [0.2, 0.25) is 0 Å². The Labute approximate surface area is 302 Å². The molecule has 1 fully saturated rings. The van der Waals surface area contributed by atoms with Gasteiger partial charge in [-0.15, -0.1) is 0 Å². The molecule has 1 heterocycles. The first-order chi connectivity index (χ1) is 25.0. The minimum atomic E-state index is 0.0693. The molecule has 4 aliphatic rings. The number of hydrogen-bond acceptors (Lipinski definition) is 3. The number of fused-ring (bicyclic) bond motifs is 7. The topological polar surface area (TPSA) is 15.7 Å². The van der Waals surface area contributed by atoms with Gasteiger partial charge in [-0.2, -0.15) is 0 Å². The van der Waals surface area contributed by atoms with Crippen LogP contribution in [0.15, 0.2) is 157 Å². The summed E-state index contributed by atoms with van der Waals surface area (Å²) in [6.07, 6.45) is 16.9. The van der Waals surface area contributed by atoms with Gasteiger partial charge in [0.1, 0.15) is 0 Å². The van der Waals surface area contributed by atoms with Crippen LogP contribution < -0.4 is 9.80 Å². The number of anilines is 5. The van der Waals surface area contributed by atoms with Gasteiger partial charge in [-0.05, 0) is 109 Å². The number of aryl methyl sites for hydroxylation is 4. The molecule has 0 aromatic heterocycles. The Hall–Kier alpha value is -5.38. The Balaban J connectivity index is 1.08. The molecule has 5 aromatic rings. The molecule has 3 nitrogen and oxygen atoms in total. The summed E-state index contributed by atoms with van der Waals surface area (Å²) in [5.41, 5.74) is 14.9. The van der Waals surface area contributed by atoms with Crippen LogP contribution in [0.25, 0.3) is 6.08 Å². The first kappa shape index (κ1) is 31.6. The zero-order valence-electron chi connectivity index (χ0n) is 29.8. The molecular weight excluding hydrogens is 621 g/mol. The number of benzene rings is 5. The summed E-state index contributed by atoms with van der Waals surface area (Å²) in [6, 6.07) is 41.9. The maximum atomic E-state index is 6.82. The van der Waals surface area contributed by atoms with Crippen molar-refractivity contribution in [3.63, 3.8) is 0 Å². The summed E-state index contributed by atoms with van der Waals surface area (Å²) in [7, 11) is 0. The van der Waals surface area contributed by atoms with Gasteiger partial charge in [0.2, 0.25) is 0 Å². The van der Waals surface area contributed by atoms with Crippen LogP contribution in [0.5, 0.6) is 0 Å². The zero-order valence-corrected chi connectivity index (χ0v) is 29.8. The van der Waals surface area contributed by atoms with Crippen molar-refractivity contribution in [3.05, 3.63) is 191 Å². The van der Waals surface area contributed by atoms with Crippen LogP contribution in [-0.2, 0) is 4.74 Å². The van der Waals surface area contributed by atoms with E-state index in [1.54, 1.807) is 0 Å². The molecule has 0 spiro atoms. The Kier molecular flexibility index (Phi) is 7.89. The lowest BCUT2D eigenvalue weighted by Gasteiger charge is -2.40. The number of rotatable bonds is 6. The maximum absolute atomic E-state index is 6.82. The molecule has 0 saturated carbocycles. The third-order valence-corrected chi connectivity index (χ3v) is 11.6. The molecule has 0 N–H and O–H groups in total. The molecule has 5 aromatic carbocycles. The summed E-state index contributed by atoms with van der Waals surface area (Å²) < 4.78 is 6.82. The van der Waals surface area contributed by atoms with Gasteiger partial charge in [-0.3, -0.25) is 0 Å². The van der Waals surface area contributed by atoms with Crippen LogP contribution in [0, 0.1) is 45.4 Å². The molecule has 6 unspecified atom stereocenters. The molecule has 1 saturated heterocycles. The van der Waals surface area contributed by atoms with Crippen LogP contribution in [0.1, 0.15) is 39.3 Å². The lowest BCUT2D eigenvalue weighted by Crippen LogP contribution is -2.35. The Morgan fingerprint density at radius 1 is 0.510 bits per heavy atom. The van der Waals surface area contributed by atoms with Gasteiger partial charge >= 0.3 is 0 Å². The highest BCUT2D eigenvalue weighted by atomic mass is 16.5. The monoisotopic (exact) mass is 664 g/mol. The van der Waals surface area contributed by atoms with Gasteiger partial charge in [0.15, 0.2) is 0 Å². The van der Waals surface area contributed by atoms with Crippen molar-refractivity contribution in [3.8, 4) is 0 Å². The van der Waals surface area contributed by atoms with Crippen molar-refractivity contribution in [1.29, 1.82) is 0 Å². The second-order valence-electron chi connectivity index (χ2n) is 14.6. The third-order valence-electron chi connectivity index (χ3n) is 11.6. The fraction of sp³-hybridized carbons (Fsp3) is 0.208. The minimum absolute atomic E-state index is 0.0693. The van der Waals surface area contributed by atoms with Crippen molar-refractivity contribution in [2.75, 3.05) is 9.80 Å². The summed E-state index contributed by atoms with van der Waals surface area (Å²) in [5, 5.41) is 0. The zero-order chi connectivity index (χ0) is 34.6. The number of nitrogens with zero attached hydrogens (tertiary/aromatic N) is 2. The first-order valence-corrected chi connectivity index (χ1v) is 18.3.